The second-order valence-electron chi connectivity index (χ2n) is 7.99. The van der Waals surface area contributed by atoms with E-state index < -0.39 is 5.60 Å². The van der Waals surface area contributed by atoms with Gasteiger partial charge in [-0.2, -0.15) is 0 Å². The Labute approximate surface area is 179 Å². The van der Waals surface area contributed by atoms with Gasteiger partial charge in [-0.1, -0.05) is 18.2 Å². The van der Waals surface area contributed by atoms with Crippen LogP contribution in [0.2, 0.25) is 0 Å². The fraction of sp³-hybridized carbons (Fsp3) is 0.429. The fourth-order valence-electron chi connectivity index (χ4n) is 2.94. The topological polar surface area (TPSA) is 91.8 Å². The van der Waals surface area contributed by atoms with Crippen molar-refractivity contribution in [3.05, 3.63) is 47.0 Å². The molecule has 0 aliphatic carbocycles. The summed E-state index contributed by atoms with van der Waals surface area (Å²) in [6, 6.07) is 8.89. The first-order valence-electron chi connectivity index (χ1n) is 9.78. The molecule has 2 aromatic rings. The molecule has 160 valence electrons. The molecule has 0 radical (unpaired) electrons. The molecule has 2 heterocycles. The number of hydrogen-bond donors (Lipinski definition) is 1. The van der Waals surface area contributed by atoms with Crippen molar-refractivity contribution in [1.82, 2.24) is 14.8 Å². The molecule has 0 bridgehead atoms. The number of nitrogens with one attached hydrogen (secondary N) is 1. The van der Waals surface area contributed by atoms with Crippen LogP contribution in [0, 0.1) is 0 Å². The van der Waals surface area contributed by atoms with Gasteiger partial charge >= 0.3 is 6.09 Å². The van der Waals surface area contributed by atoms with E-state index >= 15 is 0 Å². The van der Waals surface area contributed by atoms with Crippen LogP contribution in [0.4, 0.5) is 9.93 Å². The molecule has 1 aliphatic rings. The van der Waals surface area contributed by atoms with Crippen molar-refractivity contribution < 1.29 is 19.1 Å². The highest BCUT2D eigenvalue weighted by molar-refractivity contribution is 7.14. The molecule has 1 aliphatic heterocycles. The molecule has 3 rings (SSSR count). The van der Waals surface area contributed by atoms with Crippen LogP contribution in [-0.2, 0) is 16.0 Å². The summed E-state index contributed by atoms with van der Waals surface area (Å²) in [6.45, 7) is 7.28. The van der Waals surface area contributed by atoms with E-state index in [4.69, 9.17) is 4.74 Å². The Balaban J connectivity index is 1.48. The number of anilines is 1. The van der Waals surface area contributed by atoms with Gasteiger partial charge < -0.3 is 14.5 Å². The van der Waals surface area contributed by atoms with Crippen molar-refractivity contribution in [3.8, 4) is 0 Å². The molecular weight excluding hydrogens is 404 g/mol. The minimum absolute atomic E-state index is 0.0509. The minimum Gasteiger partial charge on any atom is -0.444 e. The number of aromatic nitrogens is 1. The largest absolute Gasteiger partial charge is 0.444 e. The lowest BCUT2D eigenvalue weighted by Crippen LogP contribution is -2.52. The van der Waals surface area contributed by atoms with Gasteiger partial charge in [-0.05, 0) is 32.9 Å². The number of amides is 3. The number of benzene rings is 1. The van der Waals surface area contributed by atoms with Crippen LogP contribution < -0.4 is 5.32 Å². The summed E-state index contributed by atoms with van der Waals surface area (Å²) in [4.78, 5) is 44.6. The van der Waals surface area contributed by atoms with E-state index in [1.807, 2.05) is 26.8 Å². The predicted molar refractivity (Wildman–Crippen MR) is 115 cm³/mol. The second-order valence-corrected chi connectivity index (χ2v) is 8.85. The normalized spacial score (nSPS) is 14.4. The SMILES string of the molecule is CC(C)(C)OC(=O)N1CCN(C(=O)Cc2csc(NC(=O)c3ccccc3)n2)CC1. The molecule has 1 N–H and O–H groups in total. The summed E-state index contributed by atoms with van der Waals surface area (Å²) in [5.74, 6) is -0.286. The number of piperazine rings is 1. The molecule has 3 amide bonds. The van der Waals surface area contributed by atoms with Crippen LogP contribution in [0.5, 0.6) is 0 Å². The molecule has 0 atom stereocenters. The molecule has 30 heavy (non-hydrogen) atoms. The molecule has 0 saturated carbocycles. The third kappa shape index (κ3) is 6.03. The van der Waals surface area contributed by atoms with Gasteiger partial charge in [-0.3, -0.25) is 14.9 Å². The number of hydrogen-bond acceptors (Lipinski definition) is 6. The summed E-state index contributed by atoms with van der Waals surface area (Å²) in [6.07, 6.45) is -0.197. The number of carbonyl (C=O) groups is 3. The van der Waals surface area contributed by atoms with Gasteiger partial charge in [-0.15, -0.1) is 11.3 Å². The molecule has 0 spiro atoms. The van der Waals surface area contributed by atoms with E-state index in [1.54, 1.807) is 39.4 Å². The van der Waals surface area contributed by atoms with Crippen LogP contribution in [-0.4, -0.2) is 64.5 Å². The molecule has 9 heteroatoms. The van der Waals surface area contributed by atoms with Gasteiger partial charge in [-0.25, -0.2) is 9.78 Å². The standard InChI is InChI=1S/C21H26N4O4S/c1-21(2,3)29-20(28)25-11-9-24(10-12-25)17(26)13-16-14-30-19(22-16)23-18(27)15-7-5-4-6-8-15/h4-8,14H,9-13H2,1-3H3,(H,22,23,27). The van der Waals surface area contributed by atoms with Gasteiger partial charge in [0.2, 0.25) is 5.91 Å². The number of ether oxygens (including phenoxy) is 1. The average molecular weight is 431 g/mol. The van der Waals surface area contributed by atoms with Crippen LogP contribution in [0.15, 0.2) is 35.7 Å². The molecule has 0 unspecified atom stereocenters. The van der Waals surface area contributed by atoms with Gasteiger partial charge in [0.1, 0.15) is 5.60 Å². The van der Waals surface area contributed by atoms with E-state index in [2.05, 4.69) is 10.3 Å². The van der Waals surface area contributed by atoms with Crippen molar-refractivity contribution in [2.75, 3.05) is 31.5 Å². The fourth-order valence-corrected chi connectivity index (χ4v) is 3.64. The molecule has 1 fully saturated rings. The first-order chi connectivity index (χ1) is 14.2. The number of nitrogens with zero attached hydrogens (tertiary/aromatic N) is 3. The highest BCUT2D eigenvalue weighted by atomic mass is 32.1. The van der Waals surface area contributed by atoms with E-state index in [-0.39, 0.29) is 24.3 Å². The lowest BCUT2D eigenvalue weighted by Gasteiger charge is -2.35. The quantitative estimate of drug-likeness (QED) is 0.805. The van der Waals surface area contributed by atoms with E-state index in [0.717, 1.165) is 0 Å². The van der Waals surface area contributed by atoms with Crippen molar-refractivity contribution in [1.29, 1.82) is 0 Å². The van der Waals surface area contributed by atoms with Crippen LogP contribution >= 0.6 is 11.3 Å². The van der Waals surface area contributed by atoms with Crippen LogP contribution in [0.25, 0.3) is 0 Å². The number of carbonyl (C=O) groups excluding carboxylic acids is 3. The van der Waals surface area contributed by atoms with E-state index in [9.17, 15) is 14.4 Å². The van der Waals surface area contributed by atoms with E-state index in [1.165, 1.54) is 11.3 Å². The zero-order valence-electron chi connectivity index (χ0n) is 17.4. The first kappa shape index (κ1) is 21.8. The third-order valence-corrected chi connectivity index (χ3v) is 5.23. The van der Waals surface area contributed by atoms with Crippen molar-refractivity contribution in [2.45, 2.75) is 32.8 Å². The van der Waals surface area contributed by atoms with Crippen molar-refractivity contribution in [3.63, 3.8) is 0 Å². The third-order valence-electron chi connectivity index (χ3n) is 4.42. The first-order valence-corrected chi connectivity index (χ1v) is 10.7. The minimum atomic E-state index is -0.539. The van der Waals surface area contributed by atoms with Crippen molar-refractivity contribution >= 4 is 34.4 Å². The highest BCUT2D eigenvalue weighted by Crippen LogP contribution is 2.18. The van der Waals surface area contributed by atoms with E-state index in [0.29, 0.717) is 42.6 Å². The monoisotopic (exact) mass is 430 g/mol. The Morgan fingerprint density at radius 2 is 1.70 bits per heavy atom. The van der Waals surface area contributed by atoms with Gasteiger partial charge in [0.25, 0.3) is 5.91 Å². The maximum Gasteiger partial charge on any atom is 0.410 e. The molecule has 1 saturated heterocycles. The van der Waals surface area contributed by atoms with Crippen molar-refractivity contribution in [2.24, 2.45) is 0 Å². The Bertz CT molecular complexity index is 899. The molecule has 1 aromatic carbocycles. The maximum atomic E-state index is 12.6. The lowest BCUT2D eigenvalue weighted by atomic mass is 10.2. The van der Waals surface area contributed by atoms with Crippen LogP contribution in [0.1, 0.15) is 36.8 Å². The summed E-state index contributed by atoms with van der Waals surface area (Å²) in [7, 11) is 0. The number of thiazole rings is 1. The predicted octanol–water partition coefficient (Wildman–Crippen LogP) is 3.02. The molecule has 1 aromatic heterocycles. The summed E-state index contributed by atoms with van der Waals surface area (Å²) >= 11 is 1.29. The summed E-state index contributed by atoms with van der Waals surface area (Å²) in [5.41, 5.74) is 0.624. The summed E-state index contributed by atoms with van der Waals surface area (Å²) in [5, 5.41) is 4.99. The van der Waals surface area contributed by atoms with Gasteiger partial charge in [0.05, 0.1) is 12.1 Å². The Kier molecular flexibility index (Phi) is 6.71. The summed E-state index contributed by atoms with van der Waals surface area (Å²) < 4.78 is 5.38. The maximum absolute atomic E-state index is 12.6. The van der Waals surface area contributed by atoms with Crippen LogP contribution in [0.3, 0.4) is 0 Å². The molecule has 8 nitrogen and oxygen atoms in total. The Hall–Kier alpha value is -2.94. The smallest absolute Gasteiger partial charge is 0.410 e. The zero-order valence-corrected chi connectivity index (χ0v) is 18.2. The lowest BCUT2D eigenvalue weighted by molar-refractivity contribution is -0.132. The number of rotatable bonds is 4. The second kappa shape index (κ2) is 9.25. The highest BCUT2D eigenvalue weighted by Gasteiger charge is 2.27. The zero-order chi connectivity index (χ0) is 21.7. The Morgan fingerprint density at radius 1 is 1.07 bits per heavy atom. The average Bonchev–Trinajstić information content (AvgIpc) is 3.14. The Morgan fingerprint density at radius 3 is 2.33 bits per heavy atom. The van der Waals surface area contributed by atoms with Gasteiger partial charge in [0.15, 0.2) is 5.13 Å². The van der Waals surface area contributed by atoms with Gasteiger partial charge in [0, 0.05) is 37.1 Å². The molecular formula is C21H26N4O4S.